The molecule has 1 atom stereocenters. The fraction of sp³-hybridized carbons (Fsp3) is 0.692. The number of ether oxygens (including phenoxy) is 1. The second-order valence-electron chi connectivity index (χ2n) is 4.98. The Morgan fingerprint density at radius 2 is 2.45 bits per heavy atom. The minimum Gasteiger partial charge on any atom is -0.382 e. The van der Waals surface area contributed by atoms with E-state index in [1.807, 2.05) is 0 Å². The van der Waals surface area contributed by atoms with Gasteiger partial charge in [-0.15, -0.1) is 0 Å². The van der Waals surface area contributed by atoms with Crippen LogP contribution in [-0.2, 0) is 4.74 Å². The number of amides is 1. The molecule has 0 saturated carbocycles. The van der Waals surface area contributed by atoms with Gasteiger partial charge in [0, 0.05) is 26.7 Å². The number of nitrogens with two attached hydrogens (primary N) is 1. The molecule has 2 rings (SSSR count). The molecule has 2 heterocycles. The number of nitrogen functional groups attached to an aromatic ring is 1. The molecule has 0 radical (unpaired) electrons. The van der Waals surface area contributed by atoms with E-state index in [4.69, 9.17) is 10.5 Å². The molecule has 0 bridgehead atoms. The topological polar surface area (TPSA) is 80.5 Å². The van der Waals surface area contributed by atoms with Crippen molar-refractivity contribution < 1.29 is 9.53 Å². The number of nitrogens with zero attached hydrogens (tertiary/aromatic N) is 2. The first-order chi connectivity index (χ1) is 9.61. The van der Waals surface area contributed by atoms with Gasteiger partial charge in [-0.05, 0) is 19.3 Å². The van der Waals surface area contributed by atoms with E-state index in [0.29, 0.717) is 22.4 Å². The van der Waals surface area contributed by atoms with E-state index in [9.17, 15) is 4.79 Å². The molecule has 6 nitrogen and oxygen atoms in total. The van der Waals surface area contributed by atoms with E-state index in [1.165, 1.54) is 11.3 Å². The average molecular weight is 298 g/mol. The van der Waals surface area contributed by atoms with E-state index in [0.717, 1.165) is 32.4 Å². The SMILES string of the molecule is CCCNc1nc(N)c(C(=O)N(C)CC2CCCO2)s1. The first kappa shape index (κ1) is 15.1. The maximum absolute atomic E-state index is 12.4. The molecule has 0 aliphatic carbocycles. The molecule has 1 amide bonds. The van der Waals surface area contributed by atoms with E-state index in [1.54, 1.807) is 11.9 Å². The van der Waals surface area contributed by atoms with Crippen molar-refractivity contribution in [2.24, 2.45) is 0 Å². The van der Waals surface area contributed by atoms with Crippen molar-refractivity contribution in [2.75, 3.05) is 37.8 Å². The van der Waals surface area contributed by atoms with Gasteiger partial charge in [0.1, 0.15) is 10.7 Å². The van der Waals surface area contributed by atoms with E-state index in [2.05, 4.69) is 17.2 Å². The first-order valence-electron chi connectivity index (χ1n) is 6.99. The molecule has 0 aromatic carbocycles. The lowest BCUT2D eigenvalue weighted by atomic mass is 10.2. The van der Waals surface area contributed by atoms with Crippen molar-refractivity contribution in [3.63, 3.8) is 0 Å². The molecule has 1 aliphatic rings. The number of hydrogen-bond donors (Lipinski definition) is 2. The number of carbonyl (C=O) groups is 1. The van der Waals surface area contributed by atoms with Crippen LogP contribution in [0.25, 0.3) is 0 Å². The van der Waals surface area contributed by atoms with Crippen molar-refractivity contribution in [3.8, 4) is 0 Å². The highest BCUT2D eigenvalue weighted by molar-refractivity contribution is 7.18. The van der Waals surface area contributed by atoms with Crippen LogP contribution in [0.2, 0.25) is 0 Å². The van der Waals surface area contributed by atoms with Crippen LogP contribution in [0.5, 0.6) is 0 Å². The summed E-state index contributed by atoms with van der Waals surface area (Å²) in [5, 5.41) is 3.86. The van der Waals surface area contributed by atoms with Crippen LogP contribution in [0.4, 0.5) is 10.9 Å². The molecule has 0 spiro atoms. The Balaban J connectivity index is 1.98. The molecule has 1 saturated heterocycles. The van der Waals surface area contributed by atoms with E-state index >= 15 is 0 Å². The molecular formula is C13H22N4O2S. The largest absolute Gasteiger partial charge is 0.382 e. The smallest absolute Gasteiger partial charge is 0.267 e. The van der Waals surface area contributed by atoms with Gasteiger partial charge in [-0.1, -0.05) is 18.3 Å². The highest BCUT2D eigenvalue weighted by atomic mass is 32.1. The lowest BCUT2D eigenvalue weighted by Crippen LogP contribution is -2.34. The minimum atomic E-state index is -0.0833. The monoisotopic (exact) mass is 298 g/mol. The molecule has 3 N–H and O–H groups in total. The Kier molecular flexibility index (Phi) is 5.19. The van der Waals surface area contributed by atoms with Crippen LogP contribution >= 0.6 is 11.3 Å². The second-order valence-corrected chi connectivity index (χ2v) is 5.98. The van der Waals surface area contributed by atoms with E-state index < -0.39 is 0 Å². The zero-order valence-corrected chi connectivity index (χ0v) is 12.8. The highest BCUT2D eigenvalue weighted by Crippen LogP contribution is 2.26. The highest BCUT2D eigenvalue weighted by Gasteiger charge is 2.24. The van der Waals surface area contributed by atoms with Gasteiger partial charge < -0.3 is 20.7 Å². The van der Waals surface area contributed by atoms with E-state index in [-0.39, 0.29) is 12.0 Å². The summed E-state index contributed by atoms with van der Waals surface area (Å²) in [6.07, 6.45) is 3.23. The summed E-state index contributed by atoms with van der Waals surface area (Å²) in [7, 11) is 1.78. The molecule has 20 heavy (non-hydrogen) atoms. The number of rotatable bonds is 6. The molecule has 1 unspecified atom stereocenters. The van der Waals surface area contributed by atoms with Crippen molar-refractivity contribution in [1.82, 2.24) is 9.88 Å². The van der Waals surface area contributed by atoms with Crippen LogP contribution in [0.1, 0.15) is 35.9 Å². The molecule has 7 heteroatoms. The lowest BCUT2D eigenvalue weighted by Gasteiger charge is -2.20. The zero-order valence-electron chi connectivity index (χ0n) is 12.0. The van der Waals surface area contributed by atoms with Crippen LogP contribution in [-0.4, -0.2) is 48.6 Å². The summed E-state index contributed by atoms with van der Waals surface area (Å²) < 4.78 is 5.55. The third-order valence-corrected chi connectivity index (χ3v) is 4.24. The van der Waals surface area contributed by atoms with Crippen molar-refractivity contribution in [3.05, 3.63) is 4.88 Å². The van der Waals surface area contributed by atoms with Crippen molar-refractivity contribution in [1.29, 1.82) is 0 Å². The first-order valence-corrected chi connectivity index (χ1v) is 7.80. The summed E-state index contributed by atoms with van der Waals surface area (Å²) in [5.41, 5.74) is 5.84. The van der Waals surface area contributed by atoms with Gasteiger partial charge in [-0.25, -0.2) is 4.98 Å². The summed E-state index contributed by atoms with van der Waals surface area (Å²) in [6.45, 7) is 4.30. The second kappa shape index (κ2) is 6.90. The third kappa shape index (κ3) is 3.61. The van der Waals surface area contributed by atoms with Crippen LogP contribution in [0, 0.1) is 0 Å². The summed E-state index contributed by atoms with van der Waals surface area (Å²) >= 11 is 1.31. The quantitative estimate of drug-likeness (QED) is 0.837. The maximum Gasteiger partial charge on any atom is 0.267 e. The predicted molar refractivity (Wildman–Crippen MR) is 81.2 cm³/mol. The Labute approximate surface area is 123 Å². The fourth-order valence-corrected chi connectivity index (χ4v) is 3.05. The Bertz CT molecular complexity index is 457. The van der Waals surface area contributed by atoms with Crippen LogP contribution < -0.4 is 11.1 Å². The summed E-state index contributed by atoms with van der Waals surface area (Å²) in [6, 6.07) is 0. The third-order valence-electron chi connectivity index (χ3n) is 3.22. The number of nitrogens with one attached hydrogen (secondary N) is 1. The molecule has 1 aliphatic heterocycles. The number of carbonyl (C=O) groups excluding carboxylic acids is 1. The Hall–Kier alpha value is -1.34. The fourth-order valence-electron chi connectivity index (χ4n) is 2.14. The number of thiazole rings is 1. The molecular weight excluding hydrogens is 276 g/mol. The lowest BCUT2D eigenvalue weighted by molar-refractivity contribution is 0.0591. The number of hydrogen-bond acceptors (Lipinski definition) is 6. The summed E-state index contributed by atoms with van der Waals surface area (Å²) in [4.78, 5) is 18.7. The number of anilines is 2. The summed E-state index contributed by atoms with van der Waals surface area (Å²) in [5.74, 6) is 0.220. The average Bonchev–Trinajstić information content (AvgIpc) is 3.05. The maximum atomic E-state index is 12.4. The van der Waals surface area contributed by atoms with Crippen molar-refractivity contribution in [2.45, 2.75) is 32.3 Å². The minimum absolute atomic E-state index is 0.0833. The Morgan fingerprint density at radius 1 is 1.65 bits per heavy atom. The van der Waals surface area contributed by atoms with Crippen LogP contribution in [0.15, 0.2) is 0 Å². The van der Waals surface area contributed by atoms with Crippen molar-refractivity contribution >= 4 is 28.2 Å². The van der Waals surface area contributed by atoms with Gasteiger partial charge in [0.2, 0.25) is 0 Å². The Morgan fingerprint density at radius 3 is 3.10 bits per heavy atom. The van der Waals surface area contributed by atoms with Crippen LogP contribution in [0.3, 0.4) is 0 Å². The normalized spacial score (nSPS) is 18.2. The predicted octanol–water partition coefficient (Wildman–Crippen LogP) is 1.80. The molecule has 1 aromatic heterocycles. The number of aromatic nitrogens is 1. The standard InChI is InChI=1S/C13H22N4O2S/c1-3-6-15-13-16-11(14)10(20-13)12(18)17(2)8-9-5-4-7-19-9/h9H,3-8,14H2,1-2H3,(H,15,16). The van der Waals surface area contributed by atoms with Gasteiger partial charge in [0.05, 0.1) is 6.10 Å². The van der Waals surface area contributed by atoms with Gasteiger partial charge in [-0.2, -0.15) is 0 Å². The van der Waals surface area contributed by atoms with Gasteiger partial charge in [-0.3, -0.25) is 4.79 Å². The number of likely N-dealkylation sites (N-methyl/N-ethyl adjacent to an activating group) is 1. The van der Waals surface area contributed by atoms with Gasteiger partial charge in [0.25, 0.3) is 5.91 Å². The molecule has 1 fully saturated rings. The van der Waals surface area contributed by atoms with Gasteiger partial charge in [0.15, 0.2) is 5.13 Å². The molecule has 112 valence electrons. The zero-order chi connectivity index (χ0) is 14.5. The van der Waals surface area contributed by atoms with Gasteiger partial charge >= 0.3 is 0 Å². The molecule has 1 aromatic rings.